The highest BCUT2D eigenvalue weighted by Crippen LogP contribution is 2.22. The molecule has 1 aromatic heterocycles. The van der Waals surface area contributed by atoms with Gasteiger partial charge in [-0.2, -0.15) is 0 Å². The lowest BCUT2D eigenvalue weighted by Crippen LogP contribution is -2.23. The van der Waals surface area contributed by atoms with E-state index in [1.807, 2.05) is 18.2 Å². The lowest BCUT2D eigenvalue weighted by Gasteiger charge is -2.18. The predicted octanol–water partition coefficient (Wildman–Crippen LogP) is 3.14. The Kier molecular flexibility index (Phi) is 5.39. The SMILES string of the molecule is O=C(Nc1cccc(CCN2CCCC2)c1)c1cc(=O)[nH]c2c1CCCC2. The topological polar surface area (TPSA) is 65.2 Å². The fourth-order valence-electron chi connectivity index (χ4n) is 4.24. The summed E-state index contributed by atoms with van der Waals surface area (Å²) in [4.78, 5) is 30.2. The molecule has 0 saturated carbocycles. The number of carbonyl (C=O) groups is 1. The molecule has 2 N–H and O–H groups in total. The van der Waals surface area contributed by atoms with Crippen molar-refractivity contribution in [2.45, 2.75) is 44.9 Å². The number of anilines is 1. The van der Waals surface area contributed by atoms with Crippen LogP contribution in [0, 0.1) is 0 Å². The molecule has 1 aromatic carbocycles. The van der Waals surface area contributed by atoms with E-state index >= 15 is 0 Å². The van der Waals surface area contributed by atoms with Crippen LogP contribution in [0.2, 0.25) is 0 Å². The van der Waals surface area contributed by atoms with Crippen molar-refractivity contribution in [1.29, 1.82) is 0 Å². The zero-order valence-electron chi connectivity index (χ0n) is 15.7. The van der Waals surface area contributed by atoms with Gasteiger partial charge in [-0.25, -0.2) is 0 Å². The fourth-order valence-corrected chi connectivity index (χ4v) is 4.24. The second kappa shape index (κ2) is 8.09. The number of benzene rings is 1. The molecule has 4 rings (SSSR count). The summed E-state index contributed by atoms with van der Waals surface area (Å²) in [6.45, 7) is 3.47. The van der Waals surface area contributed by atoms with Crippen LogP contribution in [0.3, 0.4) is 0 Å². The van der Waals surface area contributed by atoms with Crippen LogP contribution < -0.4 is 10.9 Å². The number of aromatic amines is 1. The number of hydrogen-bond donors (Lipinski definition) is 2. The maximum absolute atomic E-state index is 12.8. The first kappa shape index (κ1) is 18.0. The molecule has 0 spiro atoms. The number of aromatic nitrogens is 1. The average molecular weight is 365 g/mol. The lowest BCUT2D eigenvalue weighted by atomic mass is 9.92. The molecule has 1 fully saturated rings. The van der Waals surface area contributed by atoms with Crippen LogP contribution >= 0.6 is 0 Å². The molecule has 27 heavy (non-hydrogen) atoms. The van der Waals surface area contributed by atoms with E-state index in [9.17, 15) is 9.59 Å². The first-order valence-corrected chi connectivity index (χ1v) is 10.1. The first-order chi connectivity index (χ1) is 13.2. The molecule has 0 unspecified atom stereocenters. The molecule has 1 saturated heterocycles. The Balaban J connectivity index is 1.47. The van der Waals surface area contributed by atoms with Gasteiger partial charge in [-0.15, -0.1) is 0 Å². The molecule has 0 atom stereocenters. The molecular weight excluding hydrogens is 338 g/mol. The van der Waals surface area contributed by atoms with Crippen LogP contribution in [0.25, 0.3) is 0 Å². The van der Waals surface area contributed by atoms with Crippen molar-refractivity contribution in [2.75, 3.05) is 25.0 Å². The normalized spacial score (nSPS) is 16.9. The Morgan fingerprint density at radius 1 is 1.07 bits per heavy atom. The van der Waals surface area contributed by atoms with Gasteiger partial charge in [0.2, 0.25) is 5.56 Å². The third-order valence-corrected chi connectivity index (χ3v) is 5.69. The zero-order valence-corrected chi connectivity index (χ0v) is 15.7. The van der Waals surface area contributed by atoms with Crippen molar-refractivity contribution in [3.8, 4) is 0 Å². The lowest BCUT2D eigenvalue weighted by molar-refractivity contribution is 0.102. The minimum absolute atomic E-state index is 0.184. The highest BCUT2D eigenvalue weighted by molar-refractivity contribution is 6.05. The van der Waals surface area contributed by atoms with Crippen molar-refractivity contribution in [3.63, 3.8) is 0 Å². The van der Waals surface area contributed by atoms with Crippen LogP contribution in [0.4, 0.5) is 5.69 Å². The van der Waals surface area contributed by atoms with E-state index in [1.54, 1.807) is 0 Å². The third-order valence-electron chi connectivity index (χ3n) is 5.69. The molecule has 1 aliphatic carbocycles. The first-order valence-electron chi connectivity index (χ1n) is 10.1. The molecule has 1 aliphatic heterocycles. The number of hydrogen-bond acceptors (Lipinski definition) is 3. The number of H-pyrrole nitrogens is 1. The molecule has 5 nitrogen and oxygen atoms in total. The van der Waals surface area contributed by atoms with E-state index in [0.717, 1.165) is 55.6 Å². The number of likely N-dealkylation sites (tertiary alicyclic amines) is 1. The monoisotopic (exact) mass is 365 g/mol. The second-order valence-corrected chi connectivity index (χ2v) is 7.66. The maximum Gasteiger partial charge on any atom is 0.256 e. The smallest absolute Gasteiger partial charge is 0.256 e. The zero-order chi connectivity index (χ0) is 18.6. The summed E-state index contributed by atoms with van der Waals surface area (Å²) in [6.07, 6.45) is 7.41. The van der Waals surface area contributed by atoms with Gasteiger partial charge in [-0.05, 0) is 81.3 Å². The van der Waals surface area contributed by atoms with Crippen molar-refractivity contribution in [2.24, 2.45) is 0 Å². The standard InChI is InChI=1S/C22H27N3O2/c26-21-15-19(18-8-1-2-9-20(18)24-21)22(27)23-17-7-5-6-16(14-17)10-13-25-11-3-4-12-25/h5-7,14-15H,1-4,8-13H2,(H,23,27)(H,24,26). The van der Waals surface area contributed by atoms with E-state index in [1.165, 1.54) is 37.6 Å². The number of amides is 1. The Morgan fingerprint density at radius 3 is 2.74 bits per heavy atom. The van der Waals surface area contributed by atoms with Gasteiger partial charge in [0.05, 0.1) is 5.56 Å². The van der Waals surface area contributed by atoms with Crippen LogP contribution in [0.15, 0.2) is 35.1 Å². The van der Waals surface area contributed by atoms with Gasteiger partial charge in [-0.3, -0.25) is 9.59 Å². The van der Waals surface area contributed by atoms with E-state index in [-0.39, 0.29) is 11.5 Å². The highest BCUT2D eigenvalue weighted by Gasteiger charge is 2.19. The Labute approximate surface area is 159 Å². The second-order valence-electron chi connectivity index (χ2n) is 7.66. The van der Waals surface area contributed by atoms with Crippen LogP contribution in [-0.4, -0.2) is 35.4 Å². The summed E-state index contributed by atoms with van der Waals surface area (Å²) in [6, 6.07) is 9.50. The molecule has 5 heteroatoms. The molecule has 1 amide bonds. The predicted molar refractivity (Wildman–Crippen MR) is 107 cm³/mol. The van der Waals surface area contributed by atoms with Crippen molar-refractivity contribution in [3.05, 3.63) is 63.1 Å². The summed E-state index contributed by atoms with van der Waals surface area (Å²) < 4.78 is 0. The third kappa shape index (κ3) is 4.30. The fraction of sp³-hybridized carbons (Fsp3) is 0.455. The van der Waals surface area contributed by atoms with Crippen molar-refractivity contribution >= 4 is 11.6 Å². The van der Waals surface area contributed by atoms with Gasteiger partial charge in [0.15, 0.2) is 0 Å². The number of aryl methyl sites for hydroxylation is 1. The van der Waals surface area contributed by atoms with Gasteiger partial charge < -0.3 is 15.2 Å². The molecule has 2 heterocycles. The number of nitrogens with one attached hydrogen (secondary N) is 2. The molecule has 2 aromatic rings. The van der Waals surface area contributed by atoms with E-state index in [4.69, 9.17) is 0 Å². The summed E-state index contributed by atoms with van der Waals surface area (Å²) in [5.41, 5.74) is 4.29. The van der Waals surface area contributed by atoms with E-state index in [0.29, 0.717) is 5.56 Å². The molecule has 2 aliphatic rings. The van der Waals surface area contributed by atoms with Crippen LogP contribution in [0.5, 0.6) is 0 Å². The van der Waals surface area contributed by atoms with E-state index in [2.05, 4.69) is 21.3 Å². The highest BCUT2D eigenvalue weighted by atomic mass is 16.2. The minimum Gasteiger partial charge on any atom is -0.326 e. The number of fused-ring (bicyclic) bond motifs is 1. The number of carbonyl (C=O) groups excluding carboxylic acids is 1. The average Bonchev–Trinajstić information content (AvgIpc) is 3.19. The number of pyridine rings is 1. The molecular formula is C22H27N3O2. The molecule has 142 valence electrons. The number of rotatable bonds is 5. The minimum atomic E-state index is -0.194. The summed E-state index contributed by atoms with van der Waals surface area (Å²) in [5, 5.41) is 3.00. The van der Waals surface area contributed by atoms with Crippen molar-refractivity contribution in [1.82, 2.24) is 9.88 Å². The Morgan fingerprint density at radius 2 is 1.89 bits per heavy atom. The van der Waals surface area contributed by atoms with Crippen molar-refractivity contribution < 1.29 is 4.79 Å². The summed E-state index contributed by atoms with van der Waals surface area (Å²) in [7, 11) is 0. The van der Waals surface area contributed by atoms with Gasteiger partial charge in [0, 0.05) is 24.0 Å². The van der Waals surface area contributed by atoms with Crippen LogP contribution in [-0.2, 0) is 19.3 Å². The molecule has 0 radical (unpaired) electrons. The maximum atomic E-state index is 12.8. The van der Waals surface area contributed by atoms with E-state index < -0.39 is 0 Å². The van der Waals surface area contributed by atoms with Crippen LogP contribution in [0.1, 0.15) is 52.9 Å². The van der Waals surface area contributed by atoms with Gasteiger partial charge in [0.25, 0.3) is 5.91 Å². The summed E-state index contributed by atoms with van der Waals surface area (Å²) >= 11 is 0. The van der Waals surface area contributed by atoms with Gasteiger partial charge in [-0.1, -0.05) is 12.1 Å². The largest absolute Gasteiger partial charge is 0.326 e. The van der Waals surface area contributed by atoms with Gasteiger partial charge >= 0.3 is 0 Å². The quantitative estimate of drug-likeness (QED) is 0.855. The Bertz CT molecular complexity index is 881. The number of nitrogens with zero attached hydrogens (tertiary/aromatic N) is 1. The molecule has 0 bridgehead atoms. The Hall–Kier alpha value is -2.40. The summed E-state index contributed by atoms with van der Waals surface area (Å²) in [5.74, 6) is -0.184. The van der Waals surface area contributed by atoms with Gasteiger partial charge in [0.1, 0.15) is 0 Å².